The van der Waals surface area contributed by atoms with E-state index in [1.54, 1.807) is 6.20 Å². The van der Waals surface area contributed by atoms with Crippen molar-refractivity contribution >= 4 is 11.4 Å². The second kappa shape index (κ2) is 5.29. The van der Waals surface area contributed by atoms with Gasteiger partial charge in [0.25, 0.3) is 0 Å². The molecule has 1 aromatic carbocycles. The number of ketones is 1. The van der Waals surface area contributed by atoms with Gasteiger partial charge in [-0.1, -0.05) is 35.9 Å². The number of benzene rings is 1. The number of hydrogen-bond acceptors (Lipinski definition) is 2. The van der Waals surface area contributed by atoms with E-state index in [0.29, 0.717) is 12.8 Å². The van der Waals surface area contributed by atoms with Gasteiger partial charge in [-0.05, 0) is 24.6 Å². The number of aryl methyl sites for hydroxylation is 1. The summed E-state index contributed by atoms with van der Waals surface area (Å²) in [5.74, 6) is 0.218. The molecule has 0 amide bonds. The van der Waals surface area contributed by atoms with E-state index in [1.165, 1.54) is 5.56 Å². The predicted molar refractivity (Wildman–Crippen MR) is 78.8 cm³/mol. The minimum atomic E-state index is 0.218. The van der Waals surface area contributed by atoms with Crippen LogP contribution in [0.4, 0.5) is 0 Å². The monoisotopic (exact) mass is 264 g/mol. The highest BCUT2D eigenvalue weighted by Gasteiger charge is 2.08. The Morgan fingerprint density at radius 1 is 1.10 bits per heavy atom. The van der Waals surface area contributed by atoms with Gasteiger partial charge in [0.05, 0.1) is 0 Å². The molecule has 0 saturated carbocycles. The predicted octanol–water partition coefficient (Wildman–Crippen LogP) is 3.00. The summed E-state index contributed by atoms with van der Waals surface area (Å²) in [6.45, 7) is 2.05. The van der Waals surface area contributed by atoms with Crippen LogP contribution in [0.1, 0.15) is 16.8 Å². The van der Waals surface area contributed by atoms with Crippen LogP contribution < -0.4 is 0 Å². The van der Waals surface area contributed by atoms with Crippen molar-refractivity contribution in [1.82, 2.24) is 9.38 Å². The van der Waals surface area contributed by atoms with Crippen LogP contribution in [0.15, 0.2) is 54.9 Å². The highest BCUT2D eigenvalue weighted by Crippen LogP contribution is 2.10. The number of rotatable bonds is 4. The molecular formula is C17H16N2O. The molecule has 20 heavy (non-hydrogen) atoms. The fourth-order valence-corrected chi connectivity index (χ4v) is 2.35. The van der Waals surface area contributed by atoms with E-state index in [4.69, 9.17) is 0 Å². The van der Waals surface area contributed by atoms with Crippen molar-refractivity contribution in [1.29, 1.82) is 0 Å². The van der Waals surface area contributed by atoms with E-state index in [-0.39, 0.29) is 5.78 Å². The van der Waals surface area contributed by atoms with Crippen molar-refractivity contribution in [2.24, 2.45) is 0 Å². The van der Waals surface area contributed by atoms with Gasteiger partial charge in [-0.2, -0.15) is 0 Å². The summed E-state index contributed by atoms with van der Waals surface area (Å²) in [6.07, 6.45) is 4.56. The lowest BCUT2D eigenvalue weighted by atomic mass is 10.0. The third-order valence-electron chi connectivity index (χ3n) is 3.41. The van der Waals surface area contributed by atoms with Crippen molar-refractivity contribution in [2.75, 3.05) is 0 Å². The molecule has 0 unspecified atom stereocenters. The Balaban J connectivity index is 1.76. The quantitative estimate of drug-likeness (QED) is 0.726. The van der Waals surface area contributed by atoms with Crippen LogP contribution in [0, 0.1) is 6.92 Å². The topological polar surface area (TPSA) is 34.4 Å². The summed E-state index contributed by atoms with van der Waals surface area (Å²) in [5, 5.41) is 0. The van der Waals surface area contributed by atoms with E-state index in [9.17, 15) is 4.79 Å². The number of carbonyl (C=O) groups is 1. The summed E-state index contributed by atoms with van der Waals surface area (Å²) >= 11 is 0. The molecule has 0 atom stereocenters. The van der Waals surface area contributed by atoms with E-state index >= 15 is 0 Å². The first-order valence-electron chi connectivity index (χ1n) is 6.70. The fraction of sp³-hybridized carbons (Fsp3) is 0.176. The van der Waals surface area contributed by atoms with E-state index in [1.807, 2.05) is 60.0 Å². The Morgan fingerprint density at radius 3 is 2.70 bits per heavy atom. The molecule has 0 bridgehead atoms. The van der Waals surface area contributed by atoms with Gasteiger partial charge in [0, 0.05) is 30.9 Å². The Kier molecular flexibility index (Phi) is 3.33. The molecule has 0 fully saturated rings. The zero-order chi connectivity index (χ0) is 13.9. The molecule has 3 nitrogen and oxygen atoms in total. The lowest BCUT2D eigenvalue weighted by molar-refractivity contribution is -0.117. The molecule has 0 aliphatic carbocycles. The van der Waals surface area contributed by atoms with Crippen LogP contribution >= 0.6 is 0 Å². The second-order valence-electron chi connectivity index (χ2n) is 5.05. The molecule has 3 heteroatoms. The van der Waals surface area contributed by atoms with Gasteiger partial charge < -0.3 is 4.40 Å². The normalized spacial score (nSPS) is 10.8. The summed E-state index contributed by atoms with van der Waals surface area (Å²) < 4.78 is 1.97. The van der Waals surface area contributed by atoms with Gasteiger partial charge in [-0.3, -0.25) is 4.79 Å². The van der Waals surface area contributed by atoms with Crippen LogP contribution in [0.3, 0.4) is 0 Å². The van der Waals surface area contributed by atoms with Gasteiger partial charge >= 0.3 is 0 Å². The molecule has 0 spiro atoms. The third kappa shape index (κ3) is 2.62. The highest BCUT2D eigenvalue weighted by atomic mass is 16.1. The van der Waals surface area contributed by atoms with Crippen LogP contribution in [0.2, 0.25) is 0 Å². The van der Waals surface area contributed by atoms with E-state index < -0.39 is 0 Å². The summed E-state index contributed by atoms with van der Waals surface area (Å²) in [4.78, 5) is 16.4. The highest BCUT2D eigenvalue weighted by molar-refractivity contribution is 5.82. The second-order valence-corrected chi connectivity index (χ2v) is 5.05. The van der Waals surface area contributed by atoms with Gasteiger partial charge in [0.1, 0.15) is 11.4 Å². The zero-order valence-electron chi connectivity index (χ0n) is 11.4. The van der Waals surface area contributed by atoms with Crippen molar-refractivity contribution < 1.29 is 4.79 Å². The average molecular weight is 264 g/mol. The summed E-state index contributed by atoms with van der Waals surface area (Å²) in [6, 6.07) is 14.0. The molecule has 2 heterocycles. The van der Waals surface area contributed by atoms with Gasteiger partial charge in [-0.25, -0.2) is 4.98 Å². The Bertz CT molecular complexity index is 741. The standard InChI is InChI=1S/C17H16N2O/c1-13-5-7-14(8-6-13)11-16(20)12-15-3-2-4-17-18-9-10-19(15)17/h2-10H,11-12H2,1H3. The number of imidazole rings is 1. The fourth-order valence-electron chi connectivity index (χ4n) is 2.35. The van der Waals surface area contributed by atoms with Gasteiger partial charge in [0.2, 0.25) is 0 Å². The molecule has 2 aromatic heterocycles. The van der Waals surface area contributed by atoms with Crippen LogP contribution in [-0.4, -0.2) is 15.2 Å². The lowest BCUT2D eigenvalue weighted by Crippen LogP contribution is -2.09. The summed E-state index contributed by atoms with van der Waals surface area (Å²) in [5.41, 5.74) is 4.14. The van der Waals surface area contributed by atoms with Crippen molar-refractivity contribution in [3.8, 4) is 0 Å². The first kappa shape index (κ1) is 12.6. The molecule has 3 rings (SSSR count). The molecule has 0 aliphatic rings. The van der Waals surface area contributed by atoms with Crippen LogP contribution in [-0.2, 0) is 17.6 Å². The minimum Gasteiger partial charge on any atom is -0.304 e. The third-order valence-corrected chi connectivity index (χ3v) is 3.41. The molecule has 0 radical (unpaired) electrons. The number of pyridine rings is 1. The molecule has 3 aromatic rings. The number of Topliss-reactive ketones (excluding diaryl/α,β-unsaturated/α-hetero) is 1. The van der Waals surface area contributed by atoms with Crippen molar-refractivity contribution in [2.45, 2.75) is 19.8 Å². The number of aromatic nitrogens is 2. The molecular weight excluding hydrogens is 248 g/mol. The van der Waals surface area contributed by atoms with Gasteiger partial charge in [-0.15, -0.1) is 0 Å². The number of carbonyl (C=O) groups excluding carboxylic acids is 1. The number of nitrogens with zero attached hydrogens (tertiary/aromatic N) is 2. The maximum absolute atomic E-state index is 12.2. The van der Waals surface area contributed by atoms with Crippen molar-refractivity contribution in [3.05, 3.63) is 71.7 Å². The Hall–Kier alpha value is -2.42. The lowest BCUT2D eigenvalue weighted by Gasteiger charge is -2.05. The molecule has 0 N–H and O–H groups in total. The number of hydrogen-bond donors (Lipinski definition) is 0. The molecule has 100 valence electrons. The SMILES string of the molecule is Cc1ccc(CC(=O)Cc2cccc3nccn23)cc1. The Labute approximate surface area is 117 Å². The smallest absolute Gasteiger partial charge is 0.143 e. The minimum absolute atomic E-state index is 0.218. The molecule has 0 aliphatic heterocycles. The van der Waals surface area contributed by atoms with Crippen molar-refractivity contribution in [3.63, 3.8) is 0 Å². The maximum atomic E-state index is 12.2. The number of fused-ring (bicyclic) bond motifs is 1. The van der Waals surface area contributed by atoms with E-state index in [2.05, 4.69) is 4.98 Å². The zero-order valence-corrected chi connectivity index (χ0v) is 11.4. The first-order chi connectivity index (χ1) is 9.72. The van der Waals surface area contributed by atoms with Crippen LogP contribution in [0.25, 0.3) is 5.65 Å². The van der Waals surface area contributed by atoms with Gasteiger partial charge in [0.15, 0.2) is 0 Å². The largest absolute Gasteiger partial charge is 0.304 e. The first-order valence-corrected chi connectivity index (χ1v) is 6.70. The average Bonchev–Trinajstić information content (AvgIpc) is 2.91. The van der Waals surface area contributed by atoms with E-state index in [0.717, 1.165) is 16.9 Å². The summed E-state index contributed by atoms with van der Waals surface area (Å²) in [7, 11) is 0. The Morgan fingerprint density at radius 2 is 1.90 bits per heavy atom. The molecule has 0 saturated heterocycles. The maximum Gasteiger partial charge on any atom is 0.143 e. The van der Waals surface area contributed by atoms with Crippen LogP contribution in [0.5, 0.6) is 0 Å².